The van der Waals surface area contributed by atoms with Crippen LogP contribution in [0.1, 0.15) is 36.1 Å². The van der Waals surface area contributed by atoms with E-state index in [0.29, 0.717) is 22.4 Å². The Bertz CT molecular complexity index is 1360. The van der Waals surface area contributed by atoms with E-state index in [2.05, 4.69) is 21.3 Å². The van der Waals surface area contributed by atoms with Crippen molar-refractivity contribution in [2.24, 2.45) is 7.05 Å². The minimum Gasteiger partial charge on any atom is -0.337 e. The molecule has 166 valence electrons. The Morgan fingerprint density at radius 1 is 1.25 bits per heavy atom. The topological polar surface area (TPSA) is 85.5 Å². The number of hydrogen-bond acceptors (Lipinski definition) is 5. The maximum atomic E-state index is 13.4. The van der Waals surface area contributed by atoms with Gasteiger partial charge in [-0.15, -0.1) is 0 Å². The number of alkyl halides is 3. The van der Waals surface area contributed by atoms with Crippen LogP contribution in [-0.2, 0) is 26.2 Å². The van der Waals surface area contributed by atoms with Gasteiger partial charge in [0.05, 0.1) is 22.6 Å². The molecule has 0 fully saturated rings. The van der Waals surface area contributed by atoms with E-state index in [1.165, 1.54) is 7.05 Å². The first-order valence-corrected chi connectivity index (χ1v) is 10.2. The fourth-order valence-corrected chi connectivity index (χ4v) is 4.01. The molecule has 0 amide bonds. The Morgan fingerprint density at radius 2 is 2.00 bits per heavy atom. The largest absolute Gasteiger partial charge is 0.436 e. The highest BCUT2D eigenvalue weighted by molar-refractivity contribution is 6.36. The van der Waals surface area contributed by atoms with Crippen molar-refractivity contribution in [3.63, 3.8) is 0 Å². The minimum atomic E-state index is -4.74. The van der Waals surface area contributed by atoms with Crippen LogP contribution in [0.25, 0.3) is 22.4 Å². The summed E-state index contributed by atoms with van der Waals surface area (Å²) in [7, 11) is 1.29. The van der Waals surface area contributed by atoms with Gasteiger partial charge in [-0.25, -0.2) is 0 Å². The molecule has 0 aliphatic rings. The van der Waals surface area contributed by atoms with Gasteiger partial charge in [-0.2, -0.15) is 28.5 Å². The van der Waals surface area contributed by atoms with Crippen molar-refractivity contribution in [1.82, 2.24) is 24.5 Å². The fraction of sp³-hybridized carbons (Fsp3) is 0.300. The molecule has 32 heavy (non-hydrogen) atoms. The Labute approximate surface area is 189 Å². The molecule has 0 aliphatic carbocycles. The monoisotopic (exact) mass is 482 g/mol. The molecular weight excluding hydrogens is 468 g/mol. The maximum absolute atomic E-state index is 13.4. The number of rotatable bonds is 5. The van der Waals surface area contributed by atoms with Crippen molar-refractivity contribution in [1.29, 1.82) is 5.26 Å². The Hall–Kier alpha value is -3.03. The van der Waals surface area contributed by atoms with Crippen LogP contribution < -0.4 is 0 Å². The molecule has 12 heteroatoms. The zero-order chi connectivity index (χ0) is 23.2. The Morgan fingerprint density at radius 3 is 2.66 bits per heavy atom. The van der Waals surface area contributed by atoms with Gasteiger partial charge in [0.2, 0.25) is 0 Å². The van der Waals surface area contributed by atoms with Crippen molar-refractivity contribution in [2.45, 2.75) is 32.5 Å². The predicted octanol–water partition coefficient (Wildman–Crippen LogP) is 5.62. The van der Waals surface area contributed by atoms with E-state index in [1.807, 2.05) is 17.6 Å². The Balaban J connectivity index is 1.78. The first kappa shape index (κ1) is 22.2. The van der Waals surface area contributed by atoms with Crippen molar-refractivity contribution in [3.05, 3.63) is 51.2 Å². The average Bonchev–Trinajstić information content (AvgIpc) is 3.41. The SMILES string of the molecule is CCCc1cc2c(Cl)c(C#N)ccc2n1Cc1noc(-c2c(C(F)(F)F)nn(C)c2Cl)n1. The lowest BCUT2D eigenvalue weighted by molar-refractivity contribution is -0.141. The van der Waals surface area contributed by atoms with Gasteiger partial charge in [0.15, 0.2) is 11.5 Å². The summed E-state index contributed by atoms with van der Waals surface area (Å²) in [6, 6.07) is 7.32. The van der Waals surface area contributed by atoms with Gasteiger partial charge >= 0.3 is 6.18 Å². The van der Waals surface area contributed by atoms with E-state index in [0.717, 1.165) is 22.3 Å². The molecule has 0 bridgehead atoms. The summed E-state index contributed by atoms with van der Waals surface area (Å²) < 4.78 is 48.1. The number of nitrogens with zero attached hydrogens (tertiary/aromatic N) is 6. The van der Waals surface area contributed by atoms with Crippen LogP contribution in [0.2, 0.25) is 10.2 Å². The highest BCUT2D eigenvalue weighted by atomic mass is 35.5. The van der Waals surface area contributed by atoms with Crippen molar-refractivity contribution in [2.75, 3.05) is 0 Å². The molecule has 7 nitrogen and oxygen atoms in total. The second kappa shape index (κ2) is 8.15. The van der Waals surface area contributed by atoms with Crippen molar-refractivity contribution < 1.29 is 17.7 Å². The van der Waals surface area contributed by atoms with Crippen LogP contribution in [-0.4, -0.2) is 24.5 Å². The third kappa shape index (κ3) is 3.72. The Kier molecular flexibility index (Phi) is 5.65. The summed E-state index contributed by atoms with van der Waals surface area (Å²) in [4.78, 5) is 4.15. The molecule has 0 aliphatic heterocycles. The molecule has 0 radical (unpaired) electrons. The summed E-state index contributed by atoms with van der Waals surface area (Å²) in [6.07, 6.45) is -3.18. The molecule has 0 unspecified atom stereocenters. The van der Waals surface area contributed by atoms with Gasteiger partial charge in [0, 0.05) is 18.1 Å². The van der Waals surface area contributed by atoms with Gasteiger partial charge in [0.25, 0.3) is 5.89 Å². The first-order valence-electron chi connectivity index (χ1n) is 9.49. The number of hydrogen-bond donors (Lipinski definition) is 0. The second-order valence-corrected chi connectivity index (χ2v) is 7.83. The number of nitriles is 1. The van der Waals surface area contributed by atoms with E-state index in [1.54, 1.807) is 12.1 Å². The molecule has 0 saturated heterocycles. The molecule has 4 rings (SSSR count). The van der Waals surface area contributed by atoms with Crippen LogP contribution in [0.3, 0.4) is 0 Å². The summed E-state index contributed by atoms with van der Waals surface area (Å²) in [6.45, 7) is 2.14. The van der Waals surface area contributed by atoms with Crippen molar-refractivity contribution >= 4 is 34.1 Å². The summed E-state index contributed by atoms with van der Waals surface area (Å²) in [5.41, 5.74) is 0.356. The predicted molar refractivity (Wildman–Crippen MR) is 111 cm³/mol. The van der Waals surface area contributed by atoms with Crippen LogP contribution >= 0.6 is 23.2 Å². The van der Waals surface area contributed by atoms with Gasteiger partial charge in [-0.05, 0) is 24.6 Å². The highest BCUT2D eigenvalue weighted by Gasteiger charge is 2.41. The third-order valence-corrected chi connectivity index (χ3v) is 5.80. The fourth-order valence-electron chi connectivity index (χ4n) is 3.54. The van der Waals surface area contributed by atoms with E-state index in [9.17, 15) is 18.4 Å². The number of benzene rings is 1. The molecule has 3 heterocycles. The van der Waals surface area contributed by atoms with E-state index < -0.39 is 17.4 Å². The van der Waals surface area contributed by atoms with Crippen molar-refractivity contribution in [3.8, 4) is 17.5 Å². The smallest absolute Gasteiger partial charge is 0.337 e. The second-order valence-electron chi connectivity index (χ2n) is 7.10. The number of aryl methyl sites for hydroxylation is 2. The standard InChI is InChI=1S/C20H15Cl2F3N6O/c1-3-4-11-7-12-13(6-5-10(8-26)16(12)21)31(11)9-14-27-19(32-29-14)15-17(20(23,24)25)28-30(2)18(15)22/h5-7H,3-4,9H2,1-2H3. The normalized spacial score (nSPS) is 11.9. The summed E-state index contributed by atoms with van der Waals surface area (Å²) in [5.74, 6) is -0.216. The third-order valence-electron chi connectivity index (χ3n) is 4.96. The maximum Gasteiger partial charge on any atom is 0.436 e. The molecule has 3 aromatic heterocycles. The van der Waals surface area contributed by atoms with Crippen LogP contribution in [0, 0.1) is 11.3 Å². The number of halogens is 5. The number of fused-ring (bicyclic) bond motifs is 1. The van der Waals surface area contributed by atoms with E-state index in [4.69, 9.17) is 27.7 Å². The van der Waals surface area contributed by atoms with E-state index >= 15 is 0 Å². The van der Waals surface area contributed by atoms with E-state index in [-0.39, 0.29) is 23.4 Å². The minimum absolute atomic E-state index is 0.129. The van der Waals surface area contributed by atoms with Gasteiger partial charge in [-0.3, -0.25) is 4.68 Å². The quantitative estimate of drug-likeness (QED) is 0.368. The van der Waals surface area contributed by atoms with Crippen LogP contribution in [0.15, 0.2) is 22.7 Å². The number of aromatic nitrogens is 5. The summed E-state index contributed by atoms with van der Waals surface area (Å²) >= 11 is 12.4. The average molecular weight is 483 g/mol. The zero-order valence-electron chi connectivity index (χ0n) is 16.8. The molecule has 4 aromatic rings. The van der Waals surface area contributed by atoms with Gasteiger partial charge < -0.3 is 9.09 Å². The highest BCUT2D eigenvalue weighted by Crippen LogP contribution is 2.39. The molecule has 1 aromatic carbocycles. The lowest BCUT2D eigenvalue weighted by Gasteiger charge is -2.08. The molecule has 0 N–H and O–H groups in total. The molecule has 0 spiro atoms. The summed E-state index contributed by atoms with van der Waals surface area (Å²) in [5, 5.41) is 17.3. The molecular formula is C20H15Cl2F3N6O. The molecule has 0 saturated carbocycles. The van der Waals surface area contributed by atoms with Gasteiger partial charge in [0.1, 0.15) is 16.8 Å². The lowest BCUT2D eigenvalue weighted by atomic mass is 10.1. The zero-order valence-corrected chi connectivity index (χ0v) is 18.3. The first-order chi connectivity index (χ1) is 15.2. The lowest BCUT2D eigenvalue weighted by Crippen LogP contribution is -2.08. The van der Waals surface area contributed by atoms with Crippen LogP contribution in [0.5, 0.6) is 0 Å². The van der Waals surface area contributed by atoms with Gasteiger partial charge in [-0.1, -0.05) is 41.7 Å². The van der Waals surface area contributed by atoms with Crippen LogP contribution in [0.4, 0.5) is 13.2 Å². The molecule has 0 atom stereocenters.